The number of fused-ring (bicyclic) bond motifs is 1. The summed E-state index contributed by atoms with van der Waals surface area (Å²) in [7, 11) is -3.41. The maximum atomic E-state index is 14.9. The van der Waals surface area contributed by atoms with E-state index in [2.05, 4.69) is 42.5 Å². The smallest absolute Gasteiger partial charge is 0.323 e. The summed E-state index contributed by atoms with van der Waals surface area (Å²) >= 11 is 5.89. The Kier molecular flexibility index (Phi) is 15.1. The predicted octanol–water partition coefficient (Wildman–Crippen LogP) is 8.12. The molecule has 10 nitrogen and oxygen atoms in total. The molecule has 1 amide bonds. The van der Waals surface area contributed by atoms with Gasteiger partial charge in [-0.1, -0.05) is 68.4 Å². The Balaban J connectivity index is 1.56. The van der Waals surface area contributed by atoms with Crippen LogP contribution in [0.1, 0.15) is 82.8 Å². The number of ketones is 1. The van der Waals surface area contributed by atoms with E-state index in [1.807, 2.05) is 29.7 Å². The van der Waals surface area contributed by atoms with Crippen LogP contribution >= 0.6 is 19.0 Å². The molecule has 1 saturated heterocycles. The maximum Gasteiger partial charge on any atom is 0.323 e. The van der Waals surface area contributed by atoms with Gasteiger partial charge in [-0.05, 0) is 71.1 Å². The lowest BCUT2D eigenvalue weighted by atomic mass is 10.0. The number of allylic oxidation sites excluding steroid dienone is 1. The third-order valence-electron chi connectivity index (χ3n) is 9.63. The molecule has 3 aromatic rings. The number of esters is 1. The third-order valence-corrected chi connectivity index (χ3v) is 12.4. The molecule has 1 aliphatic heterocycles. The summed E-state index contributed by atoms with van der Waals surface area (Å²) in [6.07, 6.45) is 1.31. The van der Waals surface area contributed by atoms with Crippen LogP contribution < -0.4 is 15.5 Å². The number of amides is 1. The summed E-state index contributed by atoms with van der Waals surface area (Å²) in [6.45, 7) is 21.1. The zero-order valence-corrected chi connectivity index (χ0v) is 34.5. The molecule has 0 bridgehead atoms. The third kappa shape index (κ3) is 11.6. The molecule has 2 aromatic carbocycles. The van der Waals surface area contributed by atoms with Crippen LogP contribution in [0.3, 0.4) is 0 Å². The minimum Gasteiger partial charge on any atom is -0.462 e. The second-order valence-corrected chi connectivity index (χ2v) is 18.1. The van der Waals surface area contributed by atoms with Crippen LogP contribution in [-0.4, -0.2) is 70.2 Å². The van der Waals surface area contributed by atoms with Gasteiger partial charge in [-0.25, -0.2) is 19.0 Å². The summed E-state index contributed by atoms with van der Waals surface area (Å²) in [5, 5.41) is 9.66. The molecule has 3 N–H and O–H groups in total. The number of likely N-dealkylation sites (tertiary alicyclic amines) is 1. The molecule has 1 aromatic heterocycles. The highest BCUT2D eigenvalue weighted by Crippen LogP contribution is 2.40. The van der Waals surface area contributed by atoms with Crippen LogP contribution in [0.15, 0.2) is 67.0 Å². The van der Waals surface area contributed by atoms with Gasteiger partial charge in [-0.2, -0.15) is 0 Å². The highest BCUT2D eigenvalue weighted by atomic mass is 35.5. The Hall–Kier alpha value is -3.83. The van der Waals surface area contributed by atoms with Gasteiger partial charge >= 0.3 is 5.97 Å². The van der Waals surface area contributed by atoms with E-state index in [1.165, 1.54) is 19.1 Å². The number of halogens is 3. The molecule has 1 aliphatic rings. The van der Waals surface area contributed by atoms with E-state index >= 15 is 0 Å². The average Bonchev–Trinajstić information content (AvgIpc) is 3.67. The van der Waals surface area contributed by atoms with Crippen molar-refractivity contribution in [3.05, 3.63) is 94.6 Å². The first-order valence-corrected chi connectivity index (χ1v) is 21.0. The second kappa shape index (κ2) is 18.9. The first-order valence-electron chi connectivity index (χ1n) is 18.7. The first-order chi connectivity index (χ1) is 25.8. The van der Waals surface area contributed by atoms with E-state index in [0.29, 0.717) is 34.5 Å². The number of benzene rings is 2. The van der Waals surface area contributed by atoms with Gasteiger partial charge in [-0.3, -0.25) is 18.9 Å². The summed E-state index contributed by atoms with van der Waals surface area (Å²) in [6, 6.07) is 8.16. The number of hydrogen-bond donors (Lipinski definition) is 3. The van der Waals surface area contributed by atoms with Gasteiger partial charge in [-0.15, -0.1) is 0 Å². The van der Waals surface area contributed by atoms with Crippen molar-refractivity contribution in [1.29, 1.82) is 0 Å². The van der Waals surface area contributed by atoms with Gasteiger partial charge in [0, 0.05) is 65.6 Å². The van der Waals surface area contributed by atoms with Crippen molar-refractivity contribution in [1.82, 2.24) is 25.0 Å². The van der Waals surface area contributed by atoms with Gasteiger partial charge < -0.3 is 19.5 Å². The average molecular weight is 802 g/mol. The Labute approximate surface area is 328 Å². The van der Waals surface area contributed by atoms with E-state index in [1.54, 1.807) is 37.9 Å². The van der Waals surface area contributed by atoms with E-state index in [-0.39, 0.29) is 60.7 Å². The van der Waals surface area contributed by atoms with E-state index in [0.717, 1.165) is 17.6 Å². The Morgan fingerprint density at radius 3 is 2.40 bits per heavy atom. The number of carbonyl (C=O) groups excluding carboxylic acids is 3. The number of nitrogens with one attached hydrogen (secondary N) is 3. The summed E-state index contributed by atoms with van der Waals surface area (Å²) in [4.78, 5) is 40.4. The number of nitrogens with zero attached hydrogens (tertiary/aromatic N) is 2. The quantitative estimate of drug-likeness (QED) is 0.0481. The summed E-state index contributed by atoms with van der Waals surface area (Å²) < 4.78 is 51.1. The summed E-state index contributed by atoms with van der Waals surface area (Å²) in [5.41, 5.74) is 3.60. The van der Waals surface area contributed by atoms with Crippen LogP contribution in [0.2, 0.25) is 5.02 Å². The Morgan fingerprint density at radius 1 is 1.05 bits per heavy atom. The minimum absolute atomic E-state index is 0.0487. The molecular weight excluding hydrogens is 747 g/mol. The van der Waals surface area contributed by atoms with Crippen molar-refractivity contribution < 1.29 is 32.5 Å². The maximum absolute atomic E-state index is 14.9. The molecule has 300 valence electrons. The number of Topliss-reactive ketones (excluding diaryl/α,β-unsaturated/α-hetero) is 1. The van der Waals surface area contributed by atoms with Gasteiger partial charge in [0.05, 0.1) is 17.7 Å². The molecular formula is C41H55ClF2N5O5P. The summed E-state index contributed by atoms with van der Waals surface area (Å²) in [5.74, 6) is -1.38. The first kappa shape index (κ1) is 43.9. The van der Waals surface area contributed by atoms with E-state index in [4.69, 9.17) is 16.3 Å². The molecule has 2 unspecified atom stereocenters. The van der Waals surface area contributed by atoms with E-state index < -0.39 is 43.4 Å². The van der Waals surface area contributed by atoms with Crippen LogP contribution in [0.5, 0.6) is 0 Å². The molecule has 55 heavy (non-hydrogen) atoms. The highest BCUT2D eigenvalue weighted by Gasteiger charge is 2.38. The fraction of sp³-hybridized carbons (Fsp3) is 0.488. The molecule has 2 heterocycles. The largest absolute Gasteiger partial charge is 0.462 e. The minimum atomic E-state index is -3.41. The molecule has 1 fully saturated rings. The number of carbonyl (C=O) groups is 3. The van der Waals surface area contributed by atoms with Gasteiger partial charge in [0.25, 0.3) is 0 Å². The highest BCUT2D eigenvalue weighted by molar-refractivity contribution is 7.59. The Bertz CT molecular complexity index is 1930. The van der Waals surface area contributed by atoms with Crippen molar-refractivity contribution in [2.45, 2.75) is 111 Å². The van der Waals surface area contributed by atoms with Gasteiger partial charge in [0.1, 0.15) is 24.1 Å². The number of hydrogen-bond acceptors (Lipinski definition) is 6. The monoisotopic (exact) mass is 801 g/mol. The lowest BCUT2D eigenvalue weighted by Gasteiger charge is -2.29. The zero-order chi connectivity index (χ0) is 40.8. The number of ether oxygens (including phenoxy) is 1. The molecule has 0 spiro atoms. The fourth-order valence-corrected chi connectivity index (χ4v) is 9.46. The molecule has 0 radical (unpaired) electrons. The van der Waals surface area contributed by atoms with Crippen molar-refractivity contribution in [2.24, 2.45) is 5.92 Å². The van der Waals surface area contributed by atoms with Crippen molar-refractivity contribution in [3.63, 3.8) is 0 Å². The number of aryl methyl sites for hydroxylation is 1. The topological polar surface area (TPSA) is 122 Å². The van der Waals surface area contributed by atoms with E-state index in [9.17, 15) is 27.7 Å². The Morgan fingerprint density at radius 2 is 1.75 bits per heavy atom. The lowest BCUT2D eigenvalue weighted by Crippen LogP contribution is -2.43. The van der Waals surface area contributed by atoms with Gasteiger partial charge in [0.15, 0.2) is 5.78 Å². The molecule has 5 atom stereocenters. The zero-order valence-electron chi connectivity index (χ0n) is 32.9. The second-order valence-electron chi connectivity index (χ2n) is 15.2. The number of aromatic nitrogens is 1. The van der Waals surface area contributed by atoms with Crippen molar-refractivity contribution >= 4 is 47.6 Å². The van der Waals surface area contributed by atoms with Crippen LogP contribution in [0.4, 0.5) is 8.78 Å². The molecule has 4 rings (SSSR count). The van der Waals surface area contributed by atoms with Gasteiger partial charge in [0.2, 0.25) is 13.4 Å². The number of rotatable bonds is 19. The van der Waals surface area contributed by atoms with Crippen LogP contribution in [0, 0.1) is 11.7 Å². The molecule has 0 saturated carbocycles. The molecule has 14 heteroatoms. The normalized spacial score (nSPS) is 18.0. The van der Waals surface area contributed by atoms with Crippen molar-refractivity contribution in [3.8, 4) is 0 Å². The lowest BCUT2D eigenvalue weighted by molar-refractivity contribution is -0.149. The predicted molar refractivity (Wildman–Crippen MR) is 216 cm³/mol. The van der Waals surface area contributed by atoms with Crippen LogP contribution in [0.25, 0.3) is 10.9 Å². The van der Waals surface area contributed by atoms with Crippen LogP contribution in [-0.2, 0) is 38.4 Å². The van der Waals surface area contributed by atoms with Crippen molar-refractivity contribution in [2.75, 3.05) is 12.7 Å². The SMILES string of the molecule is C=C(CC(C)C)C(C)NP(=O)(CCc1ccc2c(C(C)=O)cn(CC(=C)N3C[C@H](F)C[C@H]3C(=O)NCc3cccc(Cl)c3F)c2c1)N[C@@H](C)C(=O)OC(C)C. The molecule has 0 aliphatic carbocycles. The fourth-order valence-electron chi connectivity index (χ4n) is 6.82. The standard InChI is InChI=1S/C41H55ClF2N5O5P/c1-24(2)17-26(5)28(7)46-55(53,47-29(8)41(52)54-25(3)4)16-15-31-13-14-34-35(30(9)50)23-48(37(34)18-31)21-27(6)49-22-33(43)19-38(49)40(51)45-20-32-11-10-12-36(42)39(32)44/h10-14,18,23-25,28-29,33,38H,5-6,15-17,19-22H2,1-4,7-9H3,(H,45,51)(H2,46,47,53)/t28?,29-,33+,38-,55?/m0/s1. The number of alkyl halides is 1.